The average Bonchev–Trinajstić information content (AvgIpc) is 2.97. The zero-order chi connectivity index (χ0) is 16.1. The molecule has 118 valence electrons. The molecule has 0 saturated carbocycles. The summed E-state index contributed by atoms with van der Waals surface area (Å²) in [5.41, 5.74) is 3.81. The van der Waals surface area contributed by atoms with Crippen LogP contribution < -0.4 is 5.32 Å². The number of nitrogens with zero attached hydrogens (tertiary/aromatic N) is 2. The van der Waals surface area contributed by atoms with Gasteiger partial charge in [-0.05, 0) is 29.8 Å². The van der Waals surface area contributed by atoms with Crippen LogP contribution in [0.1, 0.15) is 12.0 Å². The number of benzene rings is 2. The van der Waals surface area contributed by atoms with Crippen LogP contribution in [0.15, 0.2) is 54.9 Å². The number of carbonyl (C=O) groups is 1. The summed E-state index contributed by atoms with van der Waals surface area (Å²) in [4.78, 5) is 16.5. The quantitative estimate of drug-likeness (QED) is 0.760. The predicted octanol–water partition coefficient (Wildman–Crippen LogP) is 3.21. The largest absolute Gasteiger partial charge is 0.380 e. The fourth-order valence-corrected chi connectivity index (χ4v) is 2.54. The zero-order valence-corrected chi connectivity index (χ0v) is 13.0. The van der Waals surface area contributed by atoms with Gasteiger partial charge in [0.05, 0.1) is 24.0 Å². The van der Waals surface area contributed by atoms with Crippen LogP contribution in [0.2, 0.25) is 0 Å². The summed E-state index contributed by atoms with van der Waals surface area (Å²) in [6, 6.07) is 15.6. The van der Waals surface area contributed by atoms with Gasteiger partial charge in [0.15, 0.2) is 0 Å². The summed E-state index contributed by atoms with van der Waals surface area (Å²) in [6.45, 7) is 1.13. The second-order valence-electron chi connectivity index (χ2n) is 5.36. The lowest BCUT2D eigenvalue weighted by molar-refractivity contribution is -0.116. The number of rotatable bonds is 6. The van der Waals surface area contributed by atoms with Crippen LogP contribution in [0, 0.1) is 0 Å². The predicted molar refractivity (Wildman–Crippen MR) is 90.1 cm³/mol. The van der Waals surface area contributed by atoms with Gasteiger partial charge in [-0.25, -0.2) is 4.98 Å². The van der Waals surface area contributed by atoms with Crippen LogP contribution in [0.3, 0.4) is 0 Å². The number of methoxy groups -OCH3 is 1. The molecule has 0 fully saturated rings. The molecule has 1 aromatic heterocycles. The minimum atomic E-state index is -0.0163. The summed E-state index contributed by atoms with van der Waals surface area (Å²) in [5.74, 6) is -0.0163. The molecular weight excluding hydrogens is 290 g/mol. The fourth-order valence-electron chi connectivity index (χ4n) is 2.54. The molecule has 5 heteroatoms. The van der Waals surface area contributed by atoms with Crippen LogP contribution in [0.4, 0.5) is 5.69 Å². The molecule has 3 aromatic rings. The van der Waals surface area contributed by atoms with E-state index in [9.17, 15) is 4.79 Å². The number of anilines is 1. The van der Waals surface area contributed by atoms with E-state index in [1.807, 2.05) is 53.1 Å². The zero-order valence-electron chi connectivity index (χ0n) is 13.0. The van der Waals surface area contributed by atoms with Crippen LogP contribution in [0.25, 0.3) is 11.0 Å². The monoisotopic (exact) mass is 309 g/mol. The summed E-state index contributed by atoms with van der Waals surface area (Å²) < 4.78 is 7.10. The van der Waals surface area contributed by atoms with E-state index >= 15 is 0 Å². The Morgan fingerprint density at radius 3 is 2.96 bits per heavy atom. The second kappa shape index (κ2) is 7.07. The Bertz CT molecular complexity index is 811. The van der Waals surface area contributed by atoms with E-state index in [2.05, 4.69) is 10.3 Å². The van der Waals surface area contributed by atoms with Gasteiger partial charge in [-0.2, -0.15) is 0 Å². The number of hydrogen-bond acceptors (Lipinski definition) is 3. The summed E-state index contributed by atoms with van der Waals surface area (Å²) in [6.07, 6.45) is 2.17. The number of hydrogen-bond donors (Lipinski definition) is 1. The number of imidazole rings is 1. The molecule has 0 aliphatic heterocycles. The van der Waals surface area contributed by atoms with E-state index in [-0.39, 0.29) is 5.91 Å². The maximum atomic E-state index is 12.1. The molecular formula is C18H19N3O2. The normalized spacial score (nSPS) is 10.8. The van der Waals surface area contributed by atoms with E-state index in [1.54, 1.807) is 13.4 Å². The average molecular weight is 309 g/mol. The number of para-hydroxylation sites is 2. The molecule has 0 aliphatic rings. The lowest BCUT2D eigenvalue weighted by atomic mass is 10.2. The highest BCUT2D eigenvalue weighted by Gasteiger charge is 2.06. The molecule has 5 nitrogen and oxygen atoms in total. The molecule has 0 radical (unpaired) electrons. The van der Waals surface area contributed by atoms with Crippen molar-refractivity contribution in [2.75, 3.05) is 12.4 Å². The van der Waals surface area contributed by atoms with Crippen LogP contribution in [-0.2, 0) is 22.7 Å². The number of aromatic nitrogens is 2. The SMILES string of the molecule is COCc1cccc(NC(=O)CCn2cnc3ccccc32)c1. The van der Waals surface area contributed by atoms with E-state index in [0.29, 0.717) is 19.6 Å². The van der Waals surface area contributed by atoms with Gasteiger partial charge in [0.2, 0.25) is 5.91 Å². The van der Waals surface area contributed by atoms with Crippen molar-refractivity contribution < 1.29 is 9.53 Å². The topological polar surface area (TPSA) is 56.1 Å². The molecule has 3 rings (SSSR count). The van der Waals surface area contributed by atoms with Crippen molar-refractivity contribution in [1.82, 2.24) is 9.55 Å². The van der Waals surface area contributed by atoms with Gasteiger partial charge in [0, 0.05) is 25.8 Å². The highest BCUT2D eigenvalue weighted by Crippen LogP contribution is 2.14. The molecule has 0 saturated heterocycles. The van der Waals surface area contributed by atoms with Gasteiger partial charge in [0.25, 0.3) is 0 Å². The van der Waals surface area contributed by atoms with Crippen molar-refractivity contribution in [3.8, 4) is 0 Å². The highest BCUT2D eigenvalue weighted by atomic mass is 16.5. The van der Waals surface area contributed by atoms with E-state index in [1.165, 1.54) is 0 Å². The Labute approximate surface area is 134 Å². The maximum Gasteiger partial charge on any atom is 0.226 e. The number of aryl methyl sites for hydroxylation is 1. The first kappa shape index (κ1) is 15.2. The lowest BCUT2D eigenvalue weighted by Crippen LogP contribution is -2.14. The smallest absolute Gasteiger partial charge is 0.226 e. The summed E-state index contributed by atoms with van der Waals surface area (Å²) >= 11 is 0. The van der Waals surface area contributed by atoms with Crippen LogP contribution in [-0.4, -0.2) is 22.6 Å². The van der Waals surface area contributed by atoms with E-state index in [0.717, 1.165) is 22.3 Å². The third-order valence-corrected chi connectivity index (χ3v) is 3.63. The van der Waals surface area contributed by atoms with Crippen molar-refractivity contribution in [1.29, 1.82) is 0 Å². The first-order valence-corrected chi connectivity index (χ1v) is 7.54. The number of ether oxygens (including phenoxy) is 1. The number of amides is 1. The van der Waals surface area contributed by atoms with Crippen molar-refractivity contribution in [2.45, 2.75) is 19.6 Å². The maximum absolute atomic E-state index is 12.1. The fraction of sp³-hybridized carbons (Fsp3) is 0.222. The number of carbonyl (C=O) groups excluding carboxylic acids is 1. The Kier molecular flexibility index (Phi) is 4.68. The third kappa shape index (κ3) is 3.76. The highest BCUT2D eigenvalue weighted by molar-refractivity contribution is 5.90. The van der Waals surface area contributed by atoms with Gasteiger partial charge in [0.1, 0.15) is 0 Å². The second-order valence-corrected chi connectivity index (χ2v) is 5.36. The van der Waals surface area contributed by atoms with Gasteiger partial charge in [-0.3, -0.25) is 4.79 Å². The van der Waals surface area contributed by atoms with Gasteiger partial charge < -0.3 is 14.6 Å². The van der Waals surface area contributed by atoms with Crippen LogP contribution in [0.5, 0.6) is 0 Å². The first-order valence-electron chi connectivity index (χ1n) is 7.54. The van der Waals surface area contributed by atoms with Gasteiger partial charge in [-0.15, -0.1) is 0 Å². The molecule has 0 atom stereocenters. The standard InChI is InChI=1S/C18H19N3O2/c1-23-12-14-5-4-6-15(11-14)20-18(22)9-10-21-13-19-16-7-2-3-8-17(16)21/h2-8,11,13H,9-10,12H2,1H3,(H,20,22). The molecule has 1 N–H and O–H groups in total. The Balaban J connectivity index is 1.60. The van der Waals surface area contributed by atoms with Gasteiger partial charge >= 0.3 is 0 Å². The Morgan fingerprint density at radius 1 is 1.22 bits per heavy atom. The number of nitrogens with one attached hydrogen (secondary N) is 1. The Morgan fingerprint density at radius 2 is 2.09 bits per heavy atom. The molecule has 0 spiro atoms. The van der Waals surface area contributed by atoms with Crippen molar-refractivity contribution in [2.24, 2.45) is 0 Å². The summed E-state index contributed by atoms with van der Waals surface area (Å²) in [5, 5.41) is 2.92. The van der Waals surface area contributed by atoms with Crippen molar-refractivity contribution in [3.05, 3.63) is 60.4 Å². The lowest BCUT2D eigenvalue weighted by Gasteiger charge is -2.08. The van der Waals surface area contributed by atoms with Gasteiger partial charge in [-0.1, -0.05) is 24.3 Å². The van der Waals surface area contributed by atoms with Crippen molar-refractivity contribution >= 4 is 22.6 Å². The minimum absolute atomic E-state index is 0.0163. The first-order chi connectivity index (χ1) is 11.3. The van der Waals surface area contributed by atoms with E-state index in [4.69, 9.17) is 4.74 Å². The molecule has 0 aliphatic carbocycles. The van der Waals surface area contributed by atoms with E-state index < -0.39 is 0 Å². The molecule has 0 bridgehead atoms. The summed E-state index contributed by atoms with van der Waals surface area (Å²) in [7, 11) is 1.65. The Hall–Kier alpha value is -2.66. The molecule has 1 amide bonds. The molecule has 2 aromatic carbocycles. The minimum Gasteiger partial charge on any atom is -0.380 e. The molecule has 1 heterocycles. The van der Waals surface area contributed by atoms with Crippen LogP contribution >= 0.6 is 0 Å². The number of fused-ring (bicyclic) bond motifs is 1. The molecule has 23 heavy (non-hydrogen) atoms. The van der Waals surface area contributed by atoms with Crippen molar-refractivity contribution in [3.63, 3.8) is 0 Å². The third-order valence-electron chi connectivity index (χ3n) is 3.63. The molecule has 0 unspecified atom stereocenters.